The highest BCUT2D eigenvalue weighted by molar-refractivity contribution is 7.61. The Kier molecular flexibility index (Phi) is 7.34. The zero-order valence-electron chi connectivity index (χ0n) is 21.8. The molecule has 0 spiro atoms. The van der Waals surface area contributed by atoms with Gasteiger partial charge in [0.15, 0.2) is 0 Å². The third-order valence-corrected chi connectivity index (χ3v) is 11.3. The number of aromatic nitrogens is 4. The lowest BCUT2D eigenvalue weighted by Gasteiger charge is -2.42. The quantitative estimate of drug-likeness (QED) is 0.425. The molecule has 1 aliphatic rings. The molecule has 0 N–H and O–H groups in total. The number of allylic oxidation sites excluding steroid dienone is 4. The summed E-state index contributed by atoms with van der Waals surface area (Å²) >= 11 is 0. The van der Waals surface area contributed by atoms with E-state index < -0.39 is 5.16 Å². The van der Waals surface area contributed by atoms with Gasteiger partial charge in [-0.1, -0.05) is 81.9 Å². The Morgan fingerprint density at radius 2 is 1.27 bits per heavy atom. The number of hydrogen-bond acceptors (Lipinski definition) is 4. The Morgan fingerprint density at radius 3 is 1.64 bits per heavy atom. The van der Waals surface area contributed by atoms with E-state index in [0.717, 1.165) is 24.0 Å². The molecule has 0 aliphatic heterocycles. The van der Waals surface area contributed by atoms with Crippen molar-refractivity contribution in [1.29, 1.82) is 0 Å². The van der Waals surface area contributed by atoms with Gasteiger partial charge >= 0.3 is 0 Å². The Labute approximate surface area is 204 Å². The molecule has 1 atom stereocenters. The van der Waals surface area contributed by atoms with Gasteiger partial charge < -0.3 is 0 Å². The van der Waals surface area contributed by atoms with E-state index in [0.29, 0.717) is 0 Å². The summed E-state index contributed by atoms with van der Waals surface area (Å²) in [5.74, 6) is 0. The Bertz CT molecular complexity index is 970. The van der Waals surface area contributed by atoms with Crippen molar-refractivity contribution in [2.24, 2.45) is 5.41 Å². The number of hydrogen-bond donors (Lipinski definition) is 0. The summed E-state index contributed by atoms with van der Waals surface area (Å²) in [6, 6.07) is 0. The first-order valence-electron chi connectivity index (χ1n) is 11.7. The minimum atomic E-state index is -0.571. The summed E-state index contributed by atoms with van der Waals surface area (Å²) < 4.78 is 0. The van der Waals surface area contributed by atoms with Crippen LogP contribution in [0.2, 0.25) is 0 Å². The van der Waals surface area contributed by atoms with Crippen LogP contribution >= 0.6 is 17.2 Å². The molecule has 0 saturated carbocycles. The second-order valence-corrected chi connectivity index (χ2v) is 16.7. The molecule has 33 heavy (non-hydrogen) atoms. The lowest BCUT2D eigenvalue weighted by molar-refractivity contribution is 0.491. The van der Waals surface area contributed by atoms with E-state index in [1.54, 1.807) is 24.8 Å². The molecular formula is C27H40N4P2. The monoisotopic (exact) mass is 482 g/mol. The van der Waals surface area contributed by atoms with Crippen LogP contribution in [0.25, 0.3) is 0 Å². The first-order valence-corrected chi connectivity index (χ1v) is 13.8. The molecule has 6 heteroatoms. The van der Waals surface area contributed by atoms with Gasteiger partial charge in [0.1, 0.15) is 0 Å². The van der Waals surface area contributed by atoms with Crippen molar-refractivity contribution in [3.05, 3.63) is 71.4 Å². The molecule has 0 bridgehead atoms. The van der Waals surface area contributed by atoms with Crippen molar-refractivity contribution >= 4 is 17.2 Å². The zero-order chi connectivity index (χ0) is 24.7. The topological polar surface area (TPSA) is 51.6 Å². The molecule has 0 fully saturated rings. The molecule has 0 radical (unpaired) electrons. The molecule has 2 aromatic heterocycles. The fourth-order valence-electron chi connectivity index (χ4n) is 4.76. The largest absolute Gasteiger partial charge is 0.261 e. The van der Waals surface area contributed by atoms with Gasteiger partial charge in [-0.3, -0.25) is 19.9 Å². The van der Waals surface area contributed by atoms with Gasteiger partial charge in [-0.15, -0.1) is 9.24 Å². The maximum Gasteiger partial charge on any atom is 0.0933 e. The van der Waals surface area contributed by atoms with Crippen LogP contribution in [0.1, 0.15) is 80.1 Å². The standard InChI is InChI=1S/C27H40N4P2/c1-24(2,3)20-14-19(18-33(25(4,5)6)26(7,8)9)21(15-20)27(32,22-16-28-10-12-30-22)23-17-29-11-13-31-23/h10-14,16-17H,15,18,32H2,1-9H3. The average molecular weight is 483 g/mol. The van der Waals surface area contributed by atoms with Crippen LogP contribution in [-0.4, -0.2) is 36.4 Å². The Morgan fingerprint density at radius 1 is 0.788 bits per heavy atom. The minimum Gasteiger partial charge on any atom is -0.261 e. The summed E-state index contributed by atoms with van der Waals surface area (Å²) in [4.78, 5) is 18.4. The Hall–Kier alpha value is -1.50. The maximum atomic E-state index is 4.77. The lowest BCUT2D eigenvalue weighted by atomic mass is 9.81. The lowest BCUT2D eigenvalue weighted by Crippen LogP contribution is -2.29. The summed E-state index contributed by atoms with van der Waals surface area (Å²) in [7, 11) is 2.80. The van der Waals surface area contributed by atoms with E-state index in [4.69, 9.17) is 9.97 Å². The Balaban J connectivity index is 2.25. The van der Waals surface area contributed by atoms with E-state index in [-0.39, 0.29) is 23.6 Å². The molecule has 0 aromatic carbocycles. The van der Waals surface area contributed by atoms with Crippen molar-refractivity contribution in [3.8, 4) is 0 Å². The molecule has 178 valence electrons. The normalized spacial score (nSPS) is 15.9. The maximum absolute atomic E-state index is 4.77. The molecule has 2 aromatic rings. The fourth-order valence-corrected chi connectivity index (χ4v) is 8.93. The van der Waals surface area contributed by atoms with Crippen molar-refractivity contribution < 1.29 is 0 Å². The van der Waals surface area contributed by atoms with Crippen LogP contribution < -0.4 is 0 Å². The highest BCUT2D eigenvalue weighted by Crippen LogP contribution is 2.62. The molecule has 4 nitrogen and oxygen atoms in total. The van der Waals surface area contributed by atoms with E-state index in [2.05, 4.69) is 87.6 Å². The van der Waals surface area contributed by atoms with Gasteiger partial charge in [0, 0.05) is 24.8 Å². The average Bonchev–Trinajstić information content (AvgIpc) is 3.16. The van der Waals surface area contributed by atoms with Crippen molar-refractivity contribution in [2.75, 3.05) is 6.16 Å². The van der Waals surface area contributed by atoms with Crippen molar-refractivity contribution in [1.82, 2.24) is 19.9 Å². The van der Waals surface area contributed by atoms with Crippen LogP contribution in [-0.2, 0) is 5.16 Å². The van der Waals surface area contributed by atoms with Gasteiger partial charge in [-0.2, -0.15) is 0 Å². The van der Waals surface area contributed by atoms with Crippen molar-refractivity contribution in [2.45, 2.75) is 84.2 Å². The van der Waals surface area contributed by atoms with Gasteiger partial charge in [0.05, 0.1) is 28.9 Å². The van der Waals surface area contributed by atoms with E-state index in [1.165, 1.54) is 16.7 Å². The van der Waals surface area contributed by atoms with Gasteiger partial charge in [0.2, 0.25) is 0 Å². The molecule has 0 amide bonds. The summed E-state index contributed by atoms with van der Waals surface area (Å²) in [6.07, 6.45) is 15.2. The first kappa shape index (κ1) is 26.1. The molecule has 1 aliphatic carbocycles. The number of rotatable bonds is 5. The minimum absolute atomic E-state index is 0.0928. The van der Waals surface area contributed by atoms with E-state index in [9.17, 15) is 0 Å². The smallest absolute Gasteiger partial charge is 0.0933 e. The summed E-state index contributed by atoms with van der Waals surface area (Å²) in [6.45, 7) is 21.3. The van der Waals surface area contributed by atoms with Gasteiger partial charge in [-0.25, -0.2) is 0 Å². The predicted octanol–water partition coefficient (Wildman–Crippen LogP) is 7.14. The van der Waals surface area contributed by atoms with Gasteiger partial charge in [-0.05, 0) is 39.5 Å². The van der Waals surface area contributed by atoms with Crippen LogP contribution in [0.15, 0.2) is 60.0 Å². The third kappa shape index (κ3) is 5.60. The zero-order valence-corrected chi connectivity index (χ0v) is 23.8. The highest BCUT2D eigenvalue weighted by Gasteiger charge is 2.43. The molecule has 3 rings (SSSR count). The van der Waals surface area contributed by atoms with Crippen molar-refractivity contribution in [3.63, 3.8) is 0 Å². The van der Waals surface area contributed by atoms with E-state index >= 15 is 0 Å². The van der Waals surface area contributed by atoms with Crippen LogP contribution in [0, 0.1) is 5.41 Å². The highest BCUT2D eigenvalue weighted by atomic mass is 31.1. The SMILES string of the molecule is CC(C)(C)C1=CC(CP(C(C)(C)C)C(C)(C)C)=C(C(P)(c2cnccn2)c2cnccn2)C1. The molecular weight excluding hydrogens is 442 g/mol. The summed E-state index contributed by atoms with van der Waals surface area (Å²) in [5, 5.41) is -0.0859. The molecule has 2 heterocycles. The van der Waals surface area contributed by atoms with E-state index in [1.807, 2.05) is 12.4 Å². The fraction of sp³-hybridized carbons (Fsp3) is 0.556. The first-order chi connectivity index (χ1) is 15.1. The summed E-state index contributed by atoms with van der Waals surface area (Å²) in [5.41, 5.74) is 6.13. The van der Waals surface area contributed by atoms with Crippen LogP contribution in [0.4, 0.5) is 0 Å². The predicted molar refractivity (Wildman–Crippen MR) is 145 cm³/mol. The van der Waals surface area contributed by atoms with Crippen LogP contribution in [0.3, 0.4) is 0 Å². The van der Waals surface area contributed by atoms with Crippen LogP contribution in [0.5, 0.6) is 0 Å². The van der Waals surface area contributed by atoms with Gasteiger partial charge in [0.25, 0.3) is 0 Å². The second-order valence-electron chi connectivity index (χ2n) is 12.0. The molecule has 1 unspecified atom stereocenters. The third-order valence-electron chi connectivity index (χ3n) is 6.43. The number of nitrogens with zero attached hydrogens (tertiary/aromatic N) is 4. The second kappa shape index (κ2) is 9.27. The molecule has 0 saturated heterocycles.